The van der Waals surface area contributed by atoms with Gasteiger partial charge in [-0.25, -0.2) is 0 Å². The Hall–Kier alpha value is -1.08. The van der Waals surface area contributed by atoms with Crippen molar-refractivity contribution in [1.29, 1.82) is 0 Å². The molecule has 1 aliphatic heterocycles. The zero-order valence-corrected chi connectivity index (χ0v) is 17.4. The van der Waals surface area contributed by atoms with E-state index in [9.17, 15) is 9.59 Å². The Balaban J connectivity index is 1.87. The normalized spacial score (nSPS) is 15.8. The van der Waals surface area contributed by atoms with Crippen molar-refractivity contribution in [1.82, 2.24) is 4.90 Å². The van der Waals surface area contributed by atoms with Crippen LogP contribution in [0, 0.1) is 0 Å². The van der Waals surface area contributed by atoms with Crippen LogP contribution in [0.4, 0.5) is 0 Å². The molecule has 4 nitrogen and oxygen atoms in total. The SMILES string of the molecule is CCOC(=O)CCCCCN1C(=O)/C(=C/c2ccc(Cl)c(Cl)c2)SC1=S. The fraction of sp³-hybridized carbons (Fsp3) is 0.389. The van der Waals surface area contributed by atoms with E-state index < -0.39 is 0 Å². The molecule has 140 valence electrons. The molecular weight excluding hydrogens is 413 g/mol. The first-order valence-corrected chi connectivity index (χ1v) is 10.3. The number of halogens is 2. The minimum absolute atomic E-state index is 0.100. The van der Waals surface area contributed by atoms with Crippen molar-refractivity contribution < 1.29 is 14.3 Å². The quantitative estimate of drug-likeness (QED) is 0.241. The summed E-state index contributed by atoms with van der Waals surface area (Å²) in [5.41, 5.74) is 0.800. The van der Waals surface area contributed by atoms with E-state index in [2.05, 4.69) is 0 Å². The van der Waals surface area contributed by atoms with Crippen molar-refractivity contribution in [3.63, 3.8) is 0 Å². The van der Waals surface area contributed by atoms with Crippen LogP contribution in [0.15, 0.2) is 23.1 Å². The van der Waals surface area contributed by atoms with Crippen LogP contribution in [-0.2, 0) is 14.3 Å². The van der Waals surface area contributed by atoms with Gasteiger partial charge in [-0.3, -0.25) is 14.5 Å². The zero-order chi connectivity index (χ0) is 19.1. The van der Waals surface area contributed by atoms with Crippen LogP contribution in [0.25, 0.3) is 6.08 Å². The van der Waals surface area contributed by atoms with Crippen molar-refractivity contribution in [2.24, 2.45) is 0 Å². The Morgan fingerprint density at radius 1 is 1.27 bits per heavy atom. The summed E-state index contributed by atoms with van der Waals surface area (Å²) >= 11 is 18.5. The molecule has 1 saturated heterocycles. The number of thiocarbonyl (C=S) groups is 1. The van der Waals surface area contributed by atoms with Gasteiger partial charge < -0.3 is 4.74 Å². The van der Waals surface area contributed by atoms with Crippen LogP contribution >= 0.6 is 47.2 Å². The summed E-state index contributed by atoms with van der Waals surface area (Å²) in [4.78, 5) is 26.0. The van der Waals surface area contributed by atoms with Gasteiger partial charge in [0.25, 0.3) is 5.91 Å². The highest BCUT2D eigenvalue weighted by Crippen LogP contribution is 2.33. The van der Waals surface area contributed by atoms with Gasteiger partial charge in [0.15, 0.2) is 0 Å². The van der Waals surface area contributed by atoms with Gasteiger partial charge >= 0.3 is 5.97 Å². The standard InChI is InChI=1S/C18H19Cl2NO3S2/c1-2-24-16(22)6-4-3-5-9-21-17(23)15(26-18(21)25)11-12-7-8-13(19)14(20)10-12/h7-8,10-11H,2-6,9H2,1H3/b15-11-. The first kappa shape index (κ1) is 21.2. The van der Waals surface area contributed by atoms with Crippen LogP contribution in [0.2, 0.25) is 10.0 Å². The fourth-order valence-corrected chi connectivity index (χ4v) is 4.01. The van der Waals surface area contributed by atoms with Crippen molar-refractivity contribution in [2.75, 3.05) is 13.2 Å². The number of amides is 1. The van der Waals surface area contributed by atoms with Gasteiger partial charge in [-0.05, 0) is 43.5 Å². The molecule has 1 aromatic rings. The van der Waals surface area contributed by atoms with Crippen LogP contribution in [0.1, 0.15) is 38.2 Å². The lowest BCUT2D eigenvalue weighted by atomic mass is 10.2. The molecule has 0 unspecified atom stereocenters. The number of benzene rings is 1. The Labute approximate surface area is 172 Å². The lowest BCUT2D eigenvalue weighted by Crippen LogP contribution is -2.29. The number of unbranched alkanes of at least 4 members (excludes halogenated alkanes) is 2. The van der Waals surface area contributed by atoms with Crippen LogP contribution in [0.5, 0.6) is 0 Å². The molecule has 8 heteroatoms. The van der Waals surface area contributed by atoms with E-state index in [1.54, 1.807) is 36.1 Å². The molecule has 1 aromatic carbocycles. The summed E-state index contributed by atoms with van der Waals surface area (Å²) in [6.45, 7) is 2.74. The van der Waals surface area contributed by atoms with E-state index in [1.165, 1.54) is 11.8 Å². The molecule has 0 N–H and O–H groups in total. The van der Waals surface area contributed by atoms with Gasteiger partial charge in [-0.15, -0.1) is 0 Å². The lowest BCUT2D eigenvalue weighted by molar-refractivity contribution is -0.143. The molecule has 0 spiro atoms. The zero-order valence-electron chi connectivity index (χ0n) is 14.3. The average Bonchev–Trinajstić information content (AvgIpc) is 2.85. The Bertz CT molecular complexity index is 737. The summed E-state index contributed by atoms with van der Waals surface area (Å²) in [5.74, 6) is -0.279. The predicted octanol–water partition coefficient (Wildman–Crippen LogP) is 5.32. The third-order valence-electron chi connectivity index (χ3n) is 3.68. The number of esters is 1. The monoisotopic (exact) mass is 431 g/mol. The number of nitrogens with zero attached hydrogens (tertiary/aromatic N) is 1. The average molecular weight is 432 g/mol. The number of hydrogen-bond acceptors (Lipinski definition) is 5. The Morgan fingerprint density at radius 3 is 2.73 bits per heavy atom. The number of rotatable bonds is 8. The van der Waals surface area contributed by atoms with E-state index >= 15 is 0 Å². The fourth-order valence-electron chi connectivity index (χ4n) is 2.40. The molecule has 1 heterocycles. The molecule has 0 bridgehead atoms. The van der Waals surface area contributed by atoms with Crippen molar-refractivity contribution in [2.45, 2.75) is 32.6 Å². The molecule has 0 aliphatic carbocycles. The van der Waals surface area contributed by atoms with Gasteiger partial charge in [0.1, 0.15) is 4.32 Å². The second-order valence-corrected chi connectivity index (χ2v) is 8.11. The van der Waals surface area contributed by atoms with Crippen molar-refractivity contribution >= 4 is 69.5 Å². The Morgan fingerprint density at radius 2 is 2.04 bits per heavy atom. The van der Waals surface area contributed by atoms with Crippen LogP contribution in [0.3, 0.4) is 0 Å². The molecule has 0 radical (unpaired) electrons. The highest BCUT2D eigenvalue weighted by Gasteiger charge is 2.31. The summed E-state index contributed by atoms with van der Waals surface area (Å²) in [6, 6.07) is 5.21. The van der Waals surface area contributed by atoms with E-state index in [0.29, 0.717) is 38.8 Å². The second kappa shape index (κ2) is 10.3. The van der Waals surface area contributed by atoms with E-state index in [4.69, 9.17) is 40.2 Å². The first-order valence-electron chi connectivity index (χ1n) is 8.28. The van der Waals surface area contributed by atoms with Gasteiger partial charge in [-0.2, -0.15) is 0 Å². The third kappa shape index (κ3) is 5.98. The van der Waals surface area contributed by atoms with Crippen molar-refractivity contribution in [3.05, 3.63) is 38.7 Å². The molecule has 26 heavy (non-hydrogen) atoms. The molecular formula is C18H19Cl2NO3S2. The topological polar surface area (TPSA) is 46.6 Å². The minimum atomic E-state index is -0.178. The maximum absolute atomic E-state index is 12.5. The summed E-state index contributed by atoms with van der Waals surface area (Å²) in [5, 5.41) is 0.914. The maximum Gasteiger partial charge on any atom is 0.305 e. The van der Waals surface area contributed by atoms with Crippen molar-refractivity contribution in [3.8, 4) is 0 Å². The number of hydrogen-bond donors (Lipinski definition) is 0. The number of ether oxygens (including phenoxy) is 1. The predicted molar refractivity (Wildman–Crippen MR) is 111 cm³/mol. The summed E-state index contributed by atoms with van der Waals surface area (Å²) < 4.78 is 5.44. The Kier molecular flexibility index (Phi) is 8.41. The first-order chi connectivity index (χ1) is 12.4. The highest BCUT2D eigenvalue weighted by atomic mass is 35.5. The van der Waals surface area contributed by atoms with E-state index in [1.807, 2.05) is 0 Å². The summed E-state index contributed by atoms with van der Waals surface area (Å²) in [6.07, 6.45) is 4.53. The lowest BCUT2D eigenvalue weighted by Gasteiger charge is -2.13. The minimum Gasteiger partial charge on any atom is -0.466 e. The van der Waals surface area contributed by atoms with Gasteiger partial charge in [0, 0.05) is 13.0 Å². The maximum atomic E-state index is 12.5. The van der Waals surface area contributed by atoms with Gasteiger partial charge in [-0.1, -0.05) is 59.7 Å². The number of carbonyl (C=O) groups excluding carboxylic acids is 2. The highest BCUT2D eigenvalue weighted by molar-refractivity contribution is 8.26. The summed E-state index contributed by atoms with van der Waals surface area (Å²) in [7, 11) is 0. The van der Waals surface area contributed by atoms with Gasteiger partial charge in [0.05, 0.1) is 21.6 Å². The van der Waals surface area contributed by atoms with Gasteiger partial charge in [0.2, 0.25) is 0 Å². The largest absolute Gasteiger partial charge is 0.466 e. The molecule has 1 amide bonds. The second-order valence-electron chi connectivity index (χ2n) is 5.62. The van der Waals surface area contributed by atoms with Crippen LogP contribution in [-0.4, -0.2) is 34.2 Å². The molecule has 0 atom stereocenters. The molecule has 0 saturated carbocycles. The number of carbonyl (C=O) groups is 2. The molecule has 2 rings (SSSR count). The third-order valence-corrected chi connectivity index (χ3v) is 5.80. The number of thioether (sulfide) groups is 1. The van der Waals surface area contributed by atoms with Crippen LogP contribution < -0.4 is 0 Å². The van der Waals surface area contributed by atoms with E-state index in [-0.39, 0.29) is 11.9 Å². The molecule has 0 aromatic heterocycles. The molecule has 1 fully saturated rings. The van der Waals surface area contributed by atoms with E-state index in [0.717, 1.165) is 24.8 Å². The smallest absolute Gasteiger partial charge is 0.305 e. The molecule has 1 aliphatic rings.